The van der Waals surface area contributed by atoms with Crippen molar-refractivity contribution in [2.24, 2.45) is 0 Å². The summed E-state index contributed by atoms with van der Waals surface area (Å²) in [4.78, 5) is 16.3. The summed E-state index contributed by atoms with van der Waals surface area (Å²) in [6.45, 7) is 2.69. The molecule has 3 rings (SSSR count). The Morgan fingerprint density at radius 3 is 2.57 bits per heavy atom. The third-order valence-electron chi connectivity index (χ3n) is 5.01. The van der Waals surface area contributed by atoms with Crippen molar-refractivity contribution in [3.8, 4) is 5.75 Å². The minimum Gasteiger partial charge on any atom is -0.495 e. The Balaban J connectivity index is 1.92. The number of anilines is 1. The molecule has 0 aliphatic carbocycles. The molecule has 30 heavy (non-hydrogen) atoms. The van der Waals surface area contributed by atoms with Crippen molar-refractivity contribution in [1.29, 1.82) is 5.41 Å². The number of amidine groups is 1. The summed E-state index contributed by atoms with van der Waals surface area (Å²) in [5.41, 5.74) is -0.938. The number of ether oxygens (including phenoxy) is 1. The van der Waals surface area contributed by atoms with Crippen molar-refractivity contribution < 1.29 is 26.7 Å². The van der Waals surface area contributed by atoms with E-state index < -0.39 is 49.5 Å². The van der Waals surface area contributed by atoms with E-state index in [2.05, 4.69) is 15.6 Å². The summed E-state index contributed by atoms with van der Waals surface area (Å²) in [7, 11) is -2.42. The Kier molecular flexibility index (Phi) is 5.50. The number of carbonyl (C=O) groups excluding carboxylic acids is 1. The second-order valence-corrected chi connectivity index (χ2v) is 9.81. The first-order valence-electron chi connectivity index (χ1n) is 8.85. The van der Waals surface area contributed by atoms with Crippen molar-refractivity contribution in [3.63, 3.8) is 0 Å². The highest BCUT2D eigenvalue weighted by Gasteiger charge is 2.46. The average molecular weight is 438 g/mol. The lowest BCUT2D eigenvalue weighted by atomic mass is 10.0. The number of aromatic nitrogens is 1. The van der Waals surface area contributed by atoms with Gasteiger partial charge in [-0.3, -0.25) is 10.2 Å². The van der Waals surface area contributed by atoms with Crippen LogP contribution in [0.1, 0.15) is 35.9 Å². The number of rotatable bonds is 4. The van der Waals surface area contributed by atoms with Crippen molar-refractivity contribution in [3.05, 3.63) is 53.4 Å². The van der Waals surface area contributed by atoms with Crippen LogP contribution in [-0.2, 0) is 9.84 Å². The molecule has 0 saturated carbocycles. The van der Waals surface area contributed by atoms with Crippen molar-refractivity contribution >= 4 is 27.3 Å². The van der Waals surface area contributed by atoms with Crippen LogP contribution in [0.4, 0.5) is 14.5 Å². The zero-order chi connectivity index (χ0) is 22.3. The minimum absolute atomic E-state index is 0.0250. The molecule has 0 bridgehead atoms. The highest BCUT2D eigenvalue weighted by Crippen LogP contribution is 2.34. The van der Waals surface area contributed by atoms with Gasteiger partial charge in [-0.05, 0) is 38.1 Å². The highest BCUT2D eigenvalue weighted by molar-refractivity contribution is 7.93. The van der Waals surface area contributed by atoms with Crippen LogP contribution in [0.2, 0.25) is 0 Å². The van der Waals surface area contributed by atoms with Gasteiger partial charge in [0.1, 0.15) is 27.8 Å². The fraction of sp³-hybridized carbons (Fsp3) is 0.316. The Bertz CT molecular complexity index is 1120. The quantitative estimate of drug-likeness (QED) is 0.674. The molecule has 1 amide bonds. The number of pyridine rings is 1. The highest BCUT2D eigenvalue weighted by atomic mass is 32.2. The first kappa shape index (κ1) is 21.6. The second-order valence-electron chi connectivity index (χ2n) is 7.22. The molecule has 2 aromatic rings. The molecule has 1 aliphatic rings. The predicted molar refractivity (Wildman–Crippen MR) is 107 cm³/mol. The van der Waals surface area contributed by atoms with Crippen LogP contribution in [-0.4, -0.2) is 42.8 Å². The Morgan fingerprint density at radius 2 is 2.00 bits per heavy atom. The zero-order valence-electron chi connectivity index (χ0n) is 16.4. The number of methoxy groups -OCH3 is 1. The van der Waals surface area contributed by atoms with Crippen LogP contribution in [0, 0.1) is 17.0 Å². The number of nitrogens with zero attached hydrogens (tertiary/aromatic N) is 1. The molecule has 1 saturated heterocycles. The number of sulfone groups is 1. The molecule has 3 N–H and O–H groups in total. The molecule has 0 unspecified atom stereocenters. The van der Waals surface area contributed by atoms with Gasteiger partial charge in [0.2, 0.25) is 0 Å². The van der Waals surface area contributed by atoms with Gasteiger partial charge < -0.3 is 15.4 Å². The van der Waals surface area contributed by atoms with Crippen LogP contribution < -0.4 is 15.4 Å². The van der Waals surface area contributed by atoms with Gasteiger partial charge in [0.25, 0.3) is 5.91 Å². The molecule has 1 atom stereocenters. The van der Waals surface area contributed by atoms with Crippen LogP contribution in [0.25, 0.3) is 0 Å². The van der Waals surface area contributed by atoms with E-state index in [0.29, 0.717) is 5.75 Å². The number of benzene rings is 1. The van der Waals surface area contributed by atoms with Gasteiger partial charge in [0.15, 0.2) is 15.7 Å². The summed E-state index contributed by atoms with van der Waals surface area (Å²) in [6, 6.07) is 3.51. The molecule has 2 heterocycles. The summed E-state index contributed by atoms with van der Waals surface area (Å²) < 4.78 is 58.0. The second kappa shape index (κ2) is 7.63. The maximum absolute atomic E-state index is 15.1. The molecule has 1 aromatic carbocycles. The lowest BCUT2D eigenvalue weighted by Gasteiger charge is -2.36. The summed E-state index contributed by atoms with van der Waals surface area (Å²) in [5, 5.41) is 12.8. The van der Waals surface area contributed by atoms with E-state index in [-0.39, 0.29) is 17.2 Å². The largest absolute Gasteiger partial charge is 0.495 e. The zero-order valence-corrected chi connectivity index (χ0v) is 17.2. The molecule has 0 spiro atoms. The van der Waals surface area contributed by atoms with Gasteiger partial charge in [-0.2, -0.15) is 0 Å². The van der Waals surface area contributed by atoms with E-state index >= 15 is 4.39 Å². The Hall–Kier alpha value is -3.08. The van der Waals surface area contributed by atoms with Gasteiger partial charge in [0, 0.05) is 5.56 Å². The monoisotopic (exact) mass is 438 g/mol. The van der Waals surface area contributed by atoms with Crippen LogP contribution in [0.5, 0.6) is 5.75 Å². The van der Waals surface area contributed by atoms with Crippen LogP contribution >= 0.6 is 0 Å². The number of halogens is 2. The lowest BCUT2D eigenvalue weighted by Crippen LogP contribution is -2.56. The summed E-state index contributed by atoms with van der Waals surface area (Å²) in [6.07, 6.45) is 1.31. The van der Waals surface area contributed by atoms with Crippen LogP contribution in [0.15, 0.2) is 30.5 Å². The minimum atomic E-state index is -3.86. The van der Waals surface area contributed by atoms with Gasteiger partial charge in [-0.15, -0.1) is 0 Å². The fourth-order valence-electron chi connectivity index (χ4n) is 2.94. The average Bonchev–Trinajstić information content (AvgIpc) is 2.68. The summed E-state index contributed by atoms with van der Waals surface area (Å²) in [5.74, 6) is -3.41. The van der Waals surface area contributed by atoms with Gasteiger partial charge in [-0.25, -0.2) is 22.2 Å². The van der Waals surface area contributed by atoms with Crippen molar-refractivity contribution in [1.82, 2.24) is 10.3 Å². The molecular weight excluding hydrogens is 418 g/mol. The van der Waals surface area contributed by atoms with E-state index in [1.165, 1.54) is 39.3 Å². The van der Waals surface area contributed by atoms with E-state index in [0.717, 1.165) is 12.1 Å². The van der Waals surface area contributed by atoms with Crippen molar-refractivity contribution in [2.45, 2.75) is 24.6 Å². The maximum atomic E-state index is 15.1. The maximum Gasteiger partial charge on any atom is 0.274 e. The molecule has 11 heteroatoms. The van der Waals surface area contributed by atoms with Crippen LogP contribution in [0.3, 0.4) is 0 Å². The standard InChI is InChI=1S/C19H20F2N4O4S/c1-19(2)18(22)25-14(9-30(19,27)28)15-11(20)5-7-12(16(15)21)24-17(26)13-6-4-10(29-3)8-23-13/h4-8,14H,9H2,1-3H3,(H2,22,25)(H,24,26)/t14-/m0/s1. The molecular formula is C19H20F2N4O4S. The normalized spacial score (nSPS) is 19.6. The van der Waals surface area contributed by atoms with E-state index in [1.54, 1.807) is 0 Å². The smallest absolute Gasteiger partial charge is 0.274 e. The Labute approximate surface area is 172 Å². The number of nitrogens with one attached hydrogen (secondary N) is 3. The molecule has 1 fully saturated rings. The van der Waals surface area contributed by atoms with E-state index in [9.17, 15) is 17.6 Å². The third kappa shape index (κ3) is 3.72. The first-order chi connectivity index (χ1) is 14.0. The van der Waals surface area contributed by atoms with Gasteiger partial charge >= 0.3 is 0 Å². The number of carbonyl (C=O) groups is 1. The molecule has 0 radical (unpaired) electrons. The SMILES string of the molecule is COc1ccc(C(=O)Nc2ccc(F)c([C@@H]3CS(=O)(=O)C(C)(C)C(=N)N3)c2F)nc1. The Morgan fingerprint density at radius 1 is 1.30 bits per heavy atom. The van der Waals surface area contributed by atoms with Crippen molar-refractivity contribution in [2.75, 3.05) is 18.2 Å². The molecule has 160 valence electrons. The number of amides is 1. The fourth-order valence-corrected chi connectivity index (χ4v) is 4.41. The predicted octanol–water partition coefficient (Wildman–Crippen LogP) is 2.44. The van der Waals surface area contributed by atoms with E-state index in [1.807, 2.05) is 0 Å². The third-order valence-corrected chi connectivity index (χ3v) is 7.54. The number of hydrogen-bond donors (Lipinski definition) is 3. The molecule has 8 nitrogen and oxygen atoms in total. The first-order valence-corrected chi connectivity index (χ1v) is 10.5. The van der Waals surface area contributed by atoms with E-state index in [4.69, 9.17) is 10.1 Å². The topological polar surface area (TPSA) is 121 Å². The molecule has 1 aromatic heterocycles. The van der Waals surface area contributed by atoms with Gasteiger partial charge in [0.05, 0.1) is 30.8 Å². The lowest BCUT2D eigenvalue weighted by molar-refractivity contribution is 0.102. The number of hydrogen-bond acceptors (Lipinski definition) is 6. The summed E-state index contributed by atoms with van der Waals surface area (Å²) >= 11 is 0. The molecule has 1 aliphatic heterocycles. The van der Waals surface area contributed by atoms with Gasteiger partial charge in [-0.1, -0.05) is 0 Å².